The number of halogens is 1. The normalized spacial score (nSPS) is 20.8. The molecule has 0 saturated carbocycles. The highest BCUT2D eigenvalue weighted by atomic mass is 35.5. The van der Waals surface area contributed by atoms with Crippen molar-refractivity contribution >= 4 is 23.4 Å². The molecule has 1 atom stereocenters. The average Bonchev–Trinajstić information content (AvgIpc) is 3.31. The molecule has 0 spiro atoms. The van der Waals surface area contributed by atoms with Gasteiger partial charge in [-0.25, -0.2) is 0 Å². The van der Waals surface area contributed by atoms with E-state index in [1.807, 2.05) is 17.0 Å². The number of carbonyl (C=O) groups is 2. The summed E-state index contributed by atoms with van der Waals surface area (Å²) < 4.78 is 11.6. The molecule has 0 N–H and O–H groups in total. The fraction of sp³-hybridized carbons (Fsp3) is 0.593. The maximum Gasteiger partial charge on any atom is 0.292 e. The van der Waals surface area contributed by atoms with E-state index in [1.54, 1.807) is 23.1 Å². The standard InChI is InChI=1S/C27H36ClN3O4/c1-20(2)14-22-16-24(35-29-22)26(33)31-13-7-10-27(18-31,17-25(32)30-11-4-3-5-12-30)19-34-23-9-6-8-21(28)15-23/h6,8-9,15-16,20H,3-5,7,10-14,17-19H2,1-2H3/t27-/m1/s1. The molecule has 1 aromatic carbocycles. The van der Waals surface area contributed by atoms with Crippen LogP contribution in [0.2, 0.25) is 5.02 Å². The van der Waals surface area contributed by atoms with Crippen LogP contribution in [0.5, 0.6) is 5.75 Å². The molecule has 35 heavy (non-hydrogen) atoms. The van der Waals surface area contributed by atoms with Gasteiger partial charge in [0, 0.05) is 49.1 Å². The quantitative estimate of drug-likeness (QED) is 0.495. The van der Waals surface area contributed by atoms with Crippen molar-refractivity contribution in [2.45, 2.75) is 58.8 Å². The van der Waals surface area contributed by atoms with Crippen LogP contribution in [-0.4, -0.2) is 59.6 Å². The zero-order valence-electron chi connectivity index (χ0n) is 20.8. The number of nitrogens with zero attached hydrogens (tertiary/aromatic N) is 3. The monoisotopic (exact) mass is 501 g/mol. The van der Waals surface area contributed by atoms with Crippen LogP contribution < -0.4 is 4.74 Å². The molecule has 2 amide bonds. The minimum atomic E-state index is -0.481. The summed E-state index contributed by atoms with van der Waals surface area (Å²) in [4.78, 5) is 30.4. The predicted octanol–water partition coefficient (Wildman–Crippen LogP) is 5.23. The SMILES string of the molecule is CC(C)Cc1cc(C(=O)N2CCC[C@@](COc3cccc(Cl)c3)(CC(=O)N3CCCCC3)C2)on1. The number of ether oxygens (including phenoxy) is 1. The zero-order chi connectivity index (χ0) is 24.8. The van der Waals surface area contributed by atoms with E-state index in [1.165, 1.54) is 6.42 Å². The summed E-state index contributed by atoms with van der Waals surface area (Å²) in [6, 6.07) is 9.04. The van der Waals surface area contributed by atoms with E-state index in [-0.39, 0.29) is 17.6 Å². The van der Waals surface area contributed by atoms with Gasteiger partial charge in [-0.3, -0.25) is 9.59 Å². The van der Waals surface area contributed by atoms with E-state index in [0.717, 1.165) is 50.9 Å². The minimum Gasteiger partial charge on any atom is -0.493 e. The number of aromatic nitrogens is 1. The van der Waals surface area contributed by atoms with E-state index >= 15 is 0 Å². The first-order chi connectivity index (χ1) is 16.8. The Labute approximate surface area is 212 Å². The summed E-state index contributed by atoms with van der Waals surface area (Å²) >= 11 is 6.14. The lowest BCUT2D eigenvalue weighted by Crippen LogP contribution is -2.51. The molecule has 0 unspecified atom stereocenters. The van der Waals surface area contributed by atoms with Crippen molar-refractivity contribution in [3.8, 4) is 5.75 Å². The van der Waals surface area contributed by atoms with Crippen molar-refractivity contribution in [2.75, 3.05) is 32.8 Å². The Hall–Kier alpha value is -2.54. The van der Waals surface area contributed by atoms with Gasteiger partial charge in [0.05, 0.1) is 12.3 Å². The van der Waals surface area contributed by atoms with Gasteiger partial charge in [-0.05, 0) is 62.6 Å². The average molecular weight is 502 g/mol. The Bertz CT molecular complexity index is 1020. The highest BCUT2D eigenvalue weighted by Crippen LogP contribution is 2.36. The summed E-state index contributed by atoms with van der Waals surface area (Å²) in [6.45, 7) is 7.23. The van der Waals surface area contributed by atoms with Crippen molar-refractivity contribution in [1.29, 1.82) is 0 Å². The summed E-state index contributed by atoms with van der Waals surface area (Å²) in [6.07, 6.45) is 5.99. The van der Waals surface area contributed by atoms with Gasteiger partial charge in [-0.15, -0.1) is 0 Å². The fourth-order valence-electron chi connectivity index (χ4n) is 5.15. The van der Waals surface area contributed by atoms with Crippen LogP contribution in [0.1, 0.15) is 68.6 Å². The smallest absolute Gasteiger partial charge is 0.292 e. The molecule has 2 aliphatic heterocycles. The molecule has 1 aromatic heterocycles. The van der Waals surface area contributed by atoms with Crippen LogP contribution in [0.15, 0.2) is 34.9 Å². The van der Waals surface area contributed by atoms with Crippen molar-refractivity contribution in [3.63, 3.8) is 0 Å². The third-order valence-electron chi connectivity index (χ3n) is 6.91. The predicted molar refractivity (Wildman–Crippen MR) is 135 cm³/mol. The maximum absolute atomic E-state index is 13.3. The Morgan fingerprint density at radius 2 is 1.89 bits per heavy atom. The summed E-state index contributed by atoms with van der Waals surface area (Å²) in [5.74, 6) is 1.32. The molecule has 3 heterocycles. The number of amides is 2. The number of rotatable bonds is 8. The van der Waals surface area contributed by atoms with Crippen LogP contribution in [-0.2, 0) is 11.2 Å². The zero-order valence-corrected chi connectivity index (χ0v) is 21.6. The van der Waals surface area contributed by atoms with Gasteiger partial charge in [0.1, 0.15) is 5.75 Å². The highest BCUT2D eigenvalue weighted by molar-refractivity contribution is 6.30. The molecule has 190 valence electrons. The number of piperidine rings is 2. The summed E-state index contributed by atoms with van der Waals surface area (Å²) in [7, 11) is 0. The number of likely N-dealkylation sites (tertiary alicyclic amines) is 2. The third kappa shape index (κ3) is 6.78. The lowest BCUT2D eigenvalue weighted by atomic mass is 9.77. The van der Waals surface area contributed by atoms with Crippen molar-refractivity contribution in [1.82, 2.24) is 15.0 Å². The first-order valence-corrected chi connectivity index (χ1v) is 13.1. The van der Waals surface area contributed by atoms with E-state index in [9.17, 15) is 9.59 Å². The molecule has 4 rings (SSSR count). The van der Waals surface area contributed by atoms with E-state index in [0.29, 0.717) is 42.8 Å². The Kier molecular flexibility index (Phi) is 8.37. The second-order valence-electron chi connectivity index (χ2n) is 10.5. The largest absolute Gasteiger partial charge is 0.493 e. The Morgan fingerprint density at radius 3 is 2.63 bits per heavy atom. The number of benzene rings is 1. The van der Waals surface area contributed by atoms with E-state index in [4.69, 9.17) is 20.9 Å². The van der Waals surface area contributed by atoms with Crippen LogP contribution in [0.25, 0.3) is 0 Å². The topological polar surface area (TPSA) is 75.9 Å². The van der Waals surface area contributed by atoms with Crippen LogP contribution >= 0.6 is 11.6 Å². The molecule has 7 nitrogen and oxygen atoms in total. The van der Waals surface area contributed by atoms with Gasteiger partial charge >= 0.3 is 0 Å². The van der Waals surface area contributed by atoms with Gasteiger partial charge in [0.15, 0.2) is 0 Å². The van der Waals surface area contributed by atoms with Gasteiger partial charge in [0.25, 0.3) is 5.91 Å². The minimum absolute atomic E-state index is 0.146. The summed E-state index contributed by atoms with van der Waals surface area (Å²) in [5.41, 5.74) is 0.308. The second kappa shape index (κ2) is 11.5. The van der Waals surface area contributed by atoms with Crippen LogP contribution in [0.3, 0.4) is 0 Å². The molecular weight excluding hydrogens is 466 g/mol. The van der Waals surface area contributed by atoms with Gasteiger partial charge in [0.2, 0.25) is 11.7 Å². The number of carbonyl (C=O) groups excluding carboxylic acids is 2. The molecule has 0 bridgehead atoms. The maximum atomic E-state index is 13.3. The summed E-state index contributed by atoms with van der Waals surface area (Å²) in [5, 5.41) is 4.68. The Balaban J connectivity index is 1.51. The van der Waals surface area contributed by atoms with Gasteiger partial charge in [-0.1, -0.05) is 36.7 Å². The Morgan fingerprint density at radius 1 is 1.11 bits per heavy atom. The molecular formula is C27H36ClN3O4. The van der Waals surface area contributed by atoms with E-state index in [2.05, 4.69) is 19.0 Å². The van der Waals surface area contributed by atoms with Gasteiger partial charge < -0.3 is 19.1 Å². The lowest BCUT2D eigenvalue weighted by Gasteiger charge is -2.43. The molecule has 2 aromatic rings. The third-order valence-corrected chi connectivity index (χ3v) is 7.15. The van der Waals surface area contributed by atoms with Crippen molar-refractivity contribution in [3.05, 3.63) is 46.8 Å². The molecule has 2 saturated heterocycles. The number of hydrogen-bond donors (Lipinski definition) is 0. The van der Waals surface area contributed by atoms with Crippen LogP contribution in [0.4, 0.5) is 0 Å². The van der Waals surface area contributed by atoms with Crippen LogP contribution in [0, 0.1) is 11.3 Å². The molecule has 2 aliphatic rings. The molecule has 0 radical (unpaired) electrons. The highest BCUT2D eigenvalue weighted by Gasteiger charge is 2.41. The van der Waals surface area contributed by atoms with Gasteiger partial charge in [-0.2, -0.15) is 0 Å². The first-order valence-electron chi connectivity index (χ1n) is 12.7. The van der Waals surface area contributed by atoms with Crippen molar-refractivity contribution < 1.29 is 18.8 Å². The number of hydrogen-bond acceptors (Lipinski definition) is 5. The lowest BCUT2D eigenvalue weighted by molar-refractivity contribution is -0.136. The fourth-order valence-corrected chi connectivity index (χ4v) is 5.33. The molecule has 2 fully saturated rings. The second-order valence-corrected chi connectivity index (χ2v) is 10.9. The van der Waals surface area contributed by atoms with E-state index < -0.39 is 5.41 Å². The molecule has 8 heteroatoms. The first kappa shape index (κ1) is 25.5. The van der Waals surface area contributed by atoms with Crippen molar-refractivity contribution in [2.24, 2.45) is 11.3 Å². The molecule has 0 aliphatic carbocycles.